The minimum absolute atomic E-state index is 0.134. The van der Waals surface area contributed by atoms with Crippen LogP contribution in [0.4, 0.5) is 0 Å². The molecule has 0 spiro atoms. The number of esters is 2. The molecule has 10 nitrogen and oxygen atoms in total. The van der Waals surface area contributed by atoms with E-state index in [1.807, 2.05) is 10.6 Å². The van der Waals surface area contributed by atoms with Crippen LogP contribution in [-0.2, 0) is 38.2 Å². The fourth-order valence-electron chi connectivity index (χ4n) is 1.08. The quantitative estimate of drug-likeness (QED) is 0.359. The summed E-state index contributed by atoms with van der Waals surface area (Å²) in [7, 11) is 0. The molecule has 2 heterocycles. The lowest BCUT2D eigenvalue weighted by atomic mass is 10.6. The molecule has 2 aliphatic rings. The van der Waals surface area contributed by atoms with Crippen LogP contribution in [0.5, 0.6) is 0 Å². The molecule has 0 atom stereocenters. The number of amides is 4. The maximum absolute atomic E-state index is 10.1. The number of ether oxygens (including phenoxy) is 2. The third-order valence-corrected chi connectivity index (χ3v) is 1.96. The van der Waals surface area contributed by atoms with Crippen LogP contribution in [0.1, 0.15) is 13.8 Å². The molecule has 2 aliphatic heterocycles. The molecule has 24 heavy (non-hydrogen) atoms. The smallest absolute Gasteiger partial charge is 0.302 e. The van der Waals surface area contributed by atoms with Gasteiger partial charge in [0.15, 0.2) is 0 Å². The molecular formula is C14H16N2O8. The Balaban J connectivity index is 0.000000337. The predicted octanol–water partition coefficient (Wildman–Crippen LogP) is -1.49. The summed E-state index contributed by atoms with van der Waals surface area (Å²) < 4.78 is 8.95. The number of nitrogens with one attached hydrogen (secondary N) is 2. The van der Waals surface area contributed by atoms with Gasteiger partial charge in [0.25, 0.3) is 23.6 Å². The first kappa shape index (κ1) is 20.7. The molecule has 10 heteroatoms. The highest BCUT2D eigenvalue weighted by Gasteiger charge is 2.07. The van der Waals surface area contributed by atoms with Crippen molar-refractivity contribution >= 4 is 35.6 Å². The Bertz CT molecular complexity index is 508. The Morgan fingerprint density at radius 3 is 1.08 bits per heavy atom. The molecular weight excluding hydrogens is 324 g/mol. The highest BCUT2D eigenvalue weighted by atomic mass is 16.6. The maximum atomic E-state index is 10.1. The molecule has 0 fully saturated rings. The topological polar surface area (TPSA) is 145 Å². The van der Waals surface area contributed by atoms with Gasteiger partial charge in [0, 0.05) is 38.2 Å². The third-order valence-electron chi connectivity index (χ3n) is 1.96. The summed E-state index contributed by atoms with van der Waals surface area (Å²) in [5.41, 5.74) is 0. The molecule has 0 unspecified atom stereocenters. The van der Waals surface area contributed by atoms with Gasteiger partial charge in [-0.1, -0.05) is 0 Å². The first-order valence-electron chi connectivity index (χ1n) is 6.53. The Hall–Kier alpha value is -3.30. The zero-order valence-electron chi connectivity index (χ0n) is 13.0. The molecule has 0 aromatic rings. The first-order valence-corrected chi connectivity index (χ1v) is 6.53. The lowest BCUT2D eigenvalue weighted by Gasteiger charge is -2.00. The third kappa shape index (κ3) is 12.4. The summed E-state index contributed by atoms with van der Waals surface area (Å²) in [6, 6.07) is 0. The Labute approximate surface area is 136 Å². The van der Waals surface area contributed by atoms with E-state index in [0.29, 0.717) is 0 Å². The summed E-state index contributed by atoms with van der Waals surface area (Å²) in [4.78, 5) is 60.4. The second-order valence-corrected chi connectivity index (χ2v) is 4.05. The van der Waals surface area contributed by atoms with Crippen molar-refractivity contribution in [3.05, 3.63) is 24.3 Å². The molecule has 0 aliphatic carbocycles. The molecule has 0 aromatic heterocycles. The summed E-state index contributed by atoms with van der Waals surface area (Å²) in [6.07, 6.45) is 4.79. The van der Waals surface area contributed by atoms with Crippen LogP contribution in [0.3, 0.4) is 0 Å². The van der Waals surface area contributed by atoms with E-state index in [4.69, 9.17) is 0 Å². The predicted molar refractivity (Wildman–Crippen MR) is 77.8 cm³/mol. The summed E-state index contributed by atoms with van der Waals surface area (Å²) >= 11 is 0. The van der Waals surface area contributed by atoms with Gasteiger partial charge in [-0.2, -0.15) is 0 Å². The normalized spacial score (nSPS) is 13.9. The van der Waals surface area contributed by atoms with Crippen molar-refractivity contribution in [2.24, 2.45) is 0 Å². The minimum atomic E-state index is -0.368. The van der Waals surface area contributed by atoms with E-state index < -0.39 is 0 Å². The molecule has 0 saturated heterocycles. The molecule has 0 aromatic carbocycles. The van der Waals surface area contributed by atoms with Crippen molar-refractivity contribution in [1.82, 2.24) is 10.6 Å². The van der Waals surface area contributed by atoms with Gasteiger partial charge in [0.05, 0.1) is 0 Å². The second kappa shape index (κ2) is 11.3. The zero-order chi connectivity index (χ0) is 18.5. The summed E-state index contributed by atoms with van der Waals surface area (Å²) in [6.45, 7) is 2.87. The molecule has 2 N–H and O–H groups in total. The average Bonchev–Trinajstić information content (AvgIpc) is 3.03. The zero-order valence-corrected chi connectivity index (χ0v) is 13.0. The van der Waals surface area contributed by atoms with E-state index in [2.05, 4.69) is 9.47 Å². The van der Waals surface area contributed by atoms with Gasteiger partial charge in [-0.25, -0.2) is 0 Å². The molecule has 0 radical (unpaired) electrons. The van der Waals surface area contributed by atoms with Crippen LogP contribution < -0.4 is 10.6 Å². The number of hydrogen-bond donors (Lipinski definition) is 2. The molecule has 0 saturated carbocycles. The van der Waals surface area contributed by atoms with Crippen molar-refractivity contribution < 1.29 is 38.2 Å². The van der Waals surface area contributed by atoms with Gasteiger partial charge in [0.2, 0.25) is 0 Å². The molecule has 2 rings (SSSR count). The fourth-order valence-corrected chi connectivity index (χ4v) is 1.08. The van der Waals surface area contributed by atoms with Crippen LogP contribution in [0.15, 0.2) is 24.3 Å². The van der Waals surface area contributed by atoms with Gasteiger partial charge >= 0.3 is 11.9 Å². The van der Waals surface area contributed by atoms with E-state index in [9.17, 15) is 28.8 Å². The van der Waals surface area contributed by atoms with Gasteiger partial charge in [-0.05, 0) is 0 Å². The fraction of sp³-hybridized carbons (Fsp3) is 0.286. The Morgan fingerprint density at radius 2 is 0.958 bits per heavy atom. The molecule has 130 valence electrons. The van der Waals surface area contributed by atoms with E-state index in [-0.39, 0.29) is 48.8 Å². The van der Waals surface area contributed by atoms with Crippen LogP contribution in [-0.4, -0.2) is 48.8 Å². The first-order chi connectivity index (χ1) is 11.2. The van der Waals surface area contributed by atoms with Gasteiger partial charge in [0.1, 0.15) is 13.2 Å². The number of imide groups is 2. The summed E-state index contributed by atoms with van der Waals surface area (Å²) in [5.74, 6) is -2.05. The van der Waals surface area contributed by atoms with Crippen molar-refractivity contribution in [1.29, 1.82) is 0 Å². The Kier molecular flexibility index (Phi) is 9.74. The second-order valence-electron chi connectivity index (χ2n) is 4.05. The lowest BCUT2D eigenvalue weighted by molar-refractivity contribution is -0.149. The minimum Gasteiger partial charge on any atom is -0.462 e. The largest absolute Gasteiger partial charge is 0.462 e. The van der Waals surface area contributed by atoms with Crippen LogP contribution >= 0.6 is 0 Å². The number of rotatable bonds is 3. The van der Waals surface area contributed by atoms with E-state index in [0.717, 1.165) is 0 Å². The lowest BCUT2D eigenvalue weighted by Crippen LogP contribution is -2.19. The number of hydrogen-bond acceptors (Lipinski definition) is 8. The van der Waals surface area contributed by atoms with Crippen molar-refractivity contribution in [2.75, 3.05) is 13.2 Å². The van der Waals surface area contributed by atoms with Crippen LogP contribution in [0.2, 0.25) is 0 Å². The molecule has 0 bridgehead atoms. The van der Waals surface area contributed by atoms with Crippen molar-refractivity contribution in [3.63, 3.8) is 0 Å². The van der Waals surface area contributed by atoms with E-state index in [1.54, 1.807) is 0 Å². The Morgan fingerprint density at radius 1 is 0.708 bits per heavy atom. The van der Waals surface area contributed by atoms with Gasteiger partial charge in [-0.3, -0.25) is 39.4 Å². The van der Waals surface area contributed by atoms with Crippen molar-refractivity contribution in [2.45, 2.75) is 13.8 Å². The van der Waals surface area contributed by atoms with E-state index >= 15 is 0 Å². The van der Waals surface area contributed by atoms with Gasteiger partial charge < -0.3 is 9.47 Å². The highest BCUT2D eigenvalue weighted by molar-refractivity contribution is 6.13. The monoisotopic (exact) mass is 340 g/mol. The average molecular weight is 340 g/mol. The highest BCUT2D eigenvalue weighted by Crippen LogP contribution is 1.83. The maximum Gasteiger partial charge on any atom is 0.302 e. The number of carbonyl (C=O) groups excluding carboxylic acids is 6. The standard InChI is InChI=1S/C6H10O4.2C4H3NO2/c1-5(7)9-3-4-10-6(2)8;2*6-3-1-2-4(7)5-3/h3-4H2,1-2H3;2*1-2H,(H,5,6,7). The molecule has 4 amide bonds. The SMILES string of the molecule is CC(=O)OCCOC(C)=O.O=C1C=CC(=O)N1.O=C1C=CC(=O)N1. The van der Waals surface area contributed by atoms with Crippen LogP contribution in [0.25, 0.3) is 0 Å². The number of carbonyl (C=O) groups is 6. The van der Waals surface area contributed by atoms with Crippen LogP contribution in [0, 0.1) is 0 Å². The summed E-state index contributed by atoms with van der Waals surface area (Å²) in [5, 5.41) is 4.06. The van der Waals surface area contributed by atoms with Crippen molar-refractivity contribution in [3.8, 4) is 0 Å². The van der Waals surface area contributed by atoms with E-state index in [1.165, 1.54) is 38.2 Å². The van der Waals surface area contributed by atoms with Gasteiger partial charge in [-0.15, -0.1) is 0 Å².